The van der Waals surface area contributed by atoms with Gasteiger partial charge in [0.2, 0.25) is 5.91 Å². The van der Waals surface area contributed by atoms with E-state index in [2.05, 4.69) is 15.6 Å². The van der Waals surface area contributed by atoms with Crippen molar-refractivity contribution in [2.45, 2.75) is 35.6 Å². The van der Waals surface area contributed by atoms with Gasteiger partial charge in [0.15, 0.2) is 0 Å². The van der Waals surface area contributed by atoms with E-state index in [-0.39, 0.29) is 28.4 Å². The summed E-state index contributed by atoms with van der Waals surface area (Å²) in [5.74, 6) is -1.89. The molecule has 3 atom stereocenters. The minimum atomic E-state index is -1.31. The van der Waals surface area contributed by atoms with Crippen LogP contribution in [0.3, 0.4) is 0 Å². The number of aromatic nitrogens is 1. The number of pyridine rings is 1. The fourth-order valence-electron chi connectivity index (χ4n) is 4.77. The molecule has 3 aromatic rings. The predicted octanol–water partition coefficient (Wildman–Crippen LogP) is 6.86. The van der Waals surface area contributed by atoms with E-state index in [0.717, 1.165) is 24.1 Å². The fourth-order valence-corrected chi connectivity index (χ4v) is 6.34. The van der Waals surface area contributed by atoms with Crippen LogP contribution < -0.4 is 10.6 Å². The summed E-state index contributed by atoms with van der Waals surface area (Å²) >= 11 is 31.4. The molecule has 0 bridgehead atoms. The number of rotatable bonds is 5. The van der Waals surface area contributed by atoms with Crippen LogP contribution in [0.2, 0.25) is 15.1 Å². The lowest BCUT2D eigenvalue weighted by Crippen LogP contribution is -2.39. The zero-order chi connectivity index (χ0) is 25.6. The number of alkyl halides is 2. The number of nitrogens with zero attached hydrogens (tertiary/aromatic N) is 1. The second-order valence-electron chi connectivity index (χ2n) is 9.04. The maximum atomic E-state index is 13.1. The Morgan fingerprint density at radius 3 is 2.50 bits per heavy atom. The first-order chi connectivity index (χ1) is 17.1. The van der Waals surface area contributed by atoms with Crippen LogP contribution in [0.15, 0.2) is 54.7 Å². The van der Waals surface area contributed by atoms with Crippen LogP contribution in [0.5, 0.6) is 0 Å². The quantitative estimate of drug-likeness (QED) is 0.323. The summed E-state index contributed by atoms with van der Waals surface area (Å²) in [6, 6.07) is 13.6. The van der Waals surface area contributed by atoms with Gasteiger partial charge in [0.1, 0.15) is 4.33 Å². The zero-order valence-corrected chi connectivity index (χ0v) is 22.5. The van der Waals surface area contributed by atoms with E-state index in [0.29, 0.717) is 27.7 Å². The van der Waals surface area contributed by atoms with Crippen LogP contribution in [0.25, 0.3) is 0 Å². The molecule has 0 spiro atoms. The fraction of sp³-hybridized carbons (Fsp3) is 0.269. The first-order valence-corrected chi connectivity index (χ1v) is 13.2. The van der Waals surface area contributed by atoms with E-state index in [1.807, 2.05) is 12.1 Å². The third-order valence-corrected chi connectivity index (χ3v) is 8.28. The standard InChI is InChI=1S/C26H20Cl5N3O2/c27-15-8-14(9-16(28)11-15)22-23(26(22,30)31)25(36)34-18-3-5-20(29)19(12-18)24(35)33-17-4-6-21-13(10-17)2-1-7-32-21/h1-3,5,7-9,11-12,17,22-23H,4,6,10H2,(H,33,35)(H,34,36)/t17?,22-,23+/m1/s1. The third kappa shape index (κ3) is 5.18. The van der Waals surface area contributed by atoms with E-state index < -0.39 is 16.2 Å². The molecule has 1 aromatic heterocycles. The largest absolute Gasteiger partial charge is 0.349 e. The maximum Gasteiger partial charge on any atom is 0.253 e. The highest BCUT2D eigenvalue weighted by atomic mass is 35.5. The molecule has 1 fully saturated rings. The molecule has 186 valence electrons. The summed E-state index contributed by atoms with van der Waals surface area (Å²) in [7, 11) is 0. The molecule has 10 heteroatoms. The molecule has 2 amide bonds. The highest BCUT2D eigenvalue weighted by Gasteiger charge is 2.67. The average Bonchev–Trinajstić information content (AvgIpc) is 3.41. The minimum Gasteiger partial charge on any atom is -0.349 e. The van der Waals surface area contributed by atoms with Gasteiger partial charge in [-0.2, -0.15) is 0 Å². The summed E-state index contributed by atoms with van der Waals surface area (Å²) in [4.78, 5) is 30.5. The lowest BCUT2D eigenvalue weighted by Gasteiger charge is -2.25. The number of nitrogens with one attached hydrogen (secondary N) is 2. The Labute approximate surface area is 233 Å². The Bertz CT molecular complexity index is 1340. The monoisotopic (exact) mass is 581 g/mol. The number of amides is 2. The number of anilines is 1. The molecule has 2 aromatic carbocycles. The van der Waals surface area contributed by atoms with Gasteiger partial charge in [0.25, 0.3) is 5.91 Å². The van der Waals surface area contributed by atoms with Crippen molar-refractivity contribution in [1.82, 2.24) is 10.3 Å². The first kappa shape index (κ1) is 25.6. The second-order valence-corrected chi connectivity index (χ2v) is 11.8. The highest BCUT2D eigenvalue weighted by molar-refractivity contribution is 6.53. The van der Waals surface area contributed by atoms with Crippen molar-refractivity contribution in [3.05, 3.63) is 92.2 Å². The number of benzene rings is 2. The minimum absolute atomic E-state index is 0.0339. The van der Waals surface area contributed by atoms with Crippen molar-refractivity contribution in [1.29, 1.82) is 0 Å². The highest BCUT2D eigenvalue weighted by Crippen LogP contribution is 2.65. The predicted molar refractivity (Wildman–Crippen MR) is 145 cm³/mol. The Morgan fingerprint density at radius 2 is 1.75 bits per heavy atom. The Hall–Kier alpha value is -2.02. The van der Waals surface area contributed by atoms with E-state index in [9.17, 15) is 9.59 Å². The SMILES string of the molecule is O=C(NC1CCc2ncccc2C1)c1cc(NC(=O)[C@@H]2[C@@H](c3cc(Cl)cc(Cl)c3)C2(Cl)Cl)ccc1Cl. The number of aryl methyl sites for hydroxylation is 1. The molecule has 5 nitrogen and oxygen atoms in total. The van der Waals surface area contributed by atoms with Crippen LogP contribution in [0, 0.1) is 5.92 Å². The maximum absolute atomic E-state index is 13.1. The van der Waals surface area contributed by atoms with Gasteiger partial charge >= 0.3 is 0 Å². The molecular formula is C26H20Cl5N3O2. The van der Waals surface area contributed by atoms with Crippen molar-refractivity contribution in [2.24, 2.45) is 5.92 Å². The van der Waals surface area contributed by atoms with E-state index >= 15 is 0 Å². The van der Waals surface area contributed by atoms with Crippen molar-refractivity contribution in [3.63, 3.8) is 0 Å². The van der Waals surface area contributed by atoms with Gasteiger partial charge in [0, 0.05) is 39.6 Å². The molecule has 1 saturated carbocycles. The first-order valence-electron chi connectivity index (χ1n) is 11.3. The lowest BCUT2D eigenvalue weighted by atomic mass is 9.91. The van der Waals surface area contributed by atoms with Crippen molar-refractivity contribution in [3.8, 4) is 0 Å². The Balaban J connectivity index is 1.28. The molecule has 0 radical (unpaired) electrons. The van der Waals surface area contributed by atoms with Gasteiger partial charge < -0.3 is 10.6 Å². The number of halogens is 5. The normalized spacial score (nSPS) is 21.9. The molecule has 0 saturated heterocycles. The molecule has 2 aliphatic rings. The average molecular weight is 584 g/mol. The summed E-state index contributed by atoms with van der Waals surface area (Å²) in [5, 5.41) is 7.00. The van der Waals surface area contributed by atoms with Gasteiger partial charge in [-0.05, 0) is 72.9 Å². The number of fused-ring (bicyclic) bond motifs is 1. The summed E-state index contributed by atoms with van der Waals surface area (Å²) in [6.45, 7) is 0. The third-order valence-electron chi connectivity index (χ3n) is 6.57. The molecule has 2 aliphatic carbocycles. The Morgan fingerprint density at radius 1 is 1.00 bits per heavy atom. The second kappa shape index (κ2) is 10.0. The van der Waals surface area contributed by atoms with Gasteiger partial charge in [-0.1, -0.05) is 40.9 Å². The van der Waals surface area contributed by atoms with E-state index in [4.69, 9.17) is 58.0 Å². The number of hydrogen-bond acceptors (Lipinski definition) is 3. The van der Waals surface area contributed by atoms with Gasteiger partial charge in [-0.3, -0.25) is 14.6 Å². The van der Waals surface area contributed by atoms with Crippen molar-refractivity contribution >= 4 is 75.5 Å². The van der Waals surface area contributed by atoms with Gasteiger partial charge in [0.05, 0.1) is 16.5 Å². The smallest absolute Gasteiger partial charge is 0.253 e. The molecule has 1 unspecified atom stereocenters. The van der Waals surface area contributed by atoms with Crippen molar-refractivity contribution in [2.75, 3.05) is 5.32 Å². The molecular weight excluding hydrogens is 564 g/mol. The molecule has 36 heavy (non-hydrogen) atoms. The van der Waals surface area contributed by atoms with Crippen molar-refractivity contribution < 1.29 is 9.59 Å². The summed E-state index contributed by atoms with van der Waals surface area (Å²) in [6.07, 6.45) is 4.06. The number of carbonyl (C=O) groups is 2. The Kier molecular flexibility index (Phi) is 7.14. The van der Waals surface area contributed by atoms with E-state index in [1.165, 1.54) is 0 Å². The summed E-state index contributed by atoms with van der Waals surface area (Å²) < 4.78 is -1.31. The summed E-state index contributed by atoms with van der Waals surface area (Å²) in [5.41, 5.74) is 3.55. The van der Waals surface area contributed by atoms with Crippen LogP contribution in [0.4, 0.5) is 5.69 Å². The van der Waals surface area contributed by atoms with E-state index in [1.54, 1.807) is 42.6 Å². The van der Waals surface area contributed by atoms with Crippen LogP contribution >= 0.6 is 58.0 Å². The van der Waals surface area contributed by atoms with Crippen LogP contribution in [0.1, 0.15) is 39.5 Å². The molecule has 5 rings (SSSR count). The van der Waals surface area contributed by atoms with Crippen LogP contribution in [-0.4, -0.2) is 27.2 Å². The molecule has 0 aliphatic heterocycles. The number of hydrogen-bond donors (Lipinski definition) is 2. The topological polar surface area (TPSA) is 71.1 Å². The van der Waals surface area contributed by atoms with Crippen LogP contribution in [-0.2, 0) is 17.6 Å². The van der Waals surface area contributed by atoms with Gasteiger partial charge in [-0.15, -0.1) is 23.2 Å². The molecule has 2 N–H and O–H groups in total. The lowest BCUT2D eigenvalue weighted by molar-refractivity contribution is -0.117. The zero-order valence-electron chi connectivity index (χ0n) is 18.7. The molecule has 1 heterocycles. The number of carbonyl (C=O) groups excluding carboxylic acids is 2. The van der Waals surface area contributed by atoms with Gasteiger partial charge in [-0.25, -0.2) is 0 Å².